The average Bonchev–Trinajstić information content (AvgIpc) is 2.46. The Morgan fingerprint density at radius 3 is 2.59 bits per heavy atom. The summed E-state index contributed by atoms with van der Waals surface area (Å²) in [7, 11) is 0. The van der Waals surface area contributed by atoms with Crippen molar-refractivity contribution in [2.24, 2.45) is 10.9 Å². The Kier molecular flexibility index (Phi) is 4.68. The van der Waals surface area contributed by atoms with E-state index in [1.807, 2.05) is 26.8 Å². The van der Waals surface area contributed by atoms with Crippen LogP contribution in [-0.2, 0) is 9.53 Å². The first kappa shape index (κ1) is 16.3. The van der Waals surface area contributed by atoms with Crippen LogP contribution in [0.2, 0.25) is 0 Å². The molecular formula is C16H22N2O4. The topological polar surface area (TPSA) is 79.2 Å². The van der Waals surface area contributed by atoms with Gasteiger partial charge in [0, 0.05) is 13.1 Å². The van der Waals surface area contributed by atoms with Crippen molar-refractivity contribution in [3.8, 4) is 0 Å². The van der Waals surface area contributed by atoms with Gasteiger partial charge in [0.05, 0.1) is 18.2 Å². The van der Waals surface area contributed by atoms with Gasteiger partial charge >= 0.3 is 12.1 Å². The summed E-state index contributed by atoms with van der Waals surface area (Å²) in [6.45, 7) is 6.87. The van der Waals surface area contributed by atoms with Gasteiger partial charge in [0.1, 0.15) is 5.60 Å². The smallest absolute Gasteiger partial charge is 0.410 e. The van der Waals surface area contributed by atoms with Crippen LogP contribution in [0.15, 0.2) is 28.8 Å². The van der Waals surface area contributed by atoms with Crippen molar-refractivity contribution in [3.05, 3.63) is 23.8 Å². The predicted octanol–water partition coefficient (Wildman–Crippen LogP) is 2.27. The molecule has 0 aromatic rings. The number of carboxylic acid groups (broad SMARTS) is 1. The van der Waals surface area contributed by atoms with Gasteiger partial charge in [0.25, 0.3) is 0 Å². The van der Waals surface area contributed by atoms with Crippen LogP contribution in [-0.4, -0.2) is 53.0 Å². The van der Waals surface area contributed by atoms with E-state index in [-0.39, 0.29) is 12.6 Å². The second kappa shape index (κ2) is 6.34. The molecule has 2 rings (SSSR count). The fourth-order valence-corrected chi connectivity index (χ4v) is 2.28. The van der Waals surface area contributed by atoms with E-state index in [0.29, 0.717) is 19.5 Å². The molecular weight excluding hydrogens is 284 g/mol. The minimum atomic E-state index is -0.854. The van der Waals surface area contributed by atoms with Gasteiger partial charge < -0.3 is 14.7 Å². The lowest BCUT2D eigenvalue weighted by Gasteiger charge is -2.29. The van der Waals surface area contributed by atoms with Gasteiger partial charge in [-0.3, -0.25) is 9.79 Å². The zero-order valence-corrected chi connectivity index (χ0v) is 13.2. The molecule has 22 heavy (non-hydrogen) atoms. The van der Waals surface area contributed by atoms with Crippen molar-refractivity contribution >= 4 is 17.8 Å². The second-order valence-electron chi connectivity index (χ2n) is 6.44. The number of amides is 1. The molecule has 0 aliphatic carbocycles. The van der Waals surface area contributed by atoms with Crippen LogP contribution in [0.5, 0.6) is 0 Å². The van der Waals surface area contributed by atoms with E-state index in [9.17, 15) is 9.59 Å². The number of nitrogens with zero attached hydrogens (tertiary/aromatic N) is 2. The van der Waals surface area contributed by atoms with Crippen LogP contribution < -0.4 is 0 Å². The Morgan fingerprint density at radius 1 is 1.41 bits per heavy atom. The fourth-order valence-electron chi connectivity index (χ4n) is 2.28. The number of aliphatic carboxylic acids is 1. The maximum absolute atomic E-state index is 12.0. The highest BCUT2D eigenvalue weighted by molar-refractivity contribution is 6.09. The molecule has 120 valence electrons. The lowest BCUT2D eigenvalue weighted by Crippen LogP contribution is -2.39. The zero-order valence-electron chi connectivity index (χ0n) is 13.2. The summed E-state index contributed by atoms with van der Waals surface area (Å²) in [5, 5.41) is 8.93. The number of rotatable bonds is 2. The quantitative estimate of drug-likeness (QED) is 0.848. The standard InChI is InChI=1S/C16H22N2O4/c1-16(2,3)22-15(21)18-8-6-11(7-9-18)13-5-4-12(10-17-13)14(19)20/h4-6,12H,7-10H2,1-3H3,(H,19,20). The number of dihydropyridines is 1. The molecule has 0 bridgehead atoms. The van der Waals surface area contributed by atoms with Crippen LogP contribution >= 0.6 is 0 Å². The van der Waals surface area contributed by atoms with Crippen molar-refractivity contribution in [3.63, 3.8) is 0 Å². The fraction of sp³-hybridized carbons (Fsp3) is 0.562. The van der Waals surface area contributed by atoms with Gasteiger partial charge in [0.15, 0.2) is 0 Å². The lowest BCUT2D eigenvalue weighted by atomic mass is 9.98. The number of carbonyl (C=O) groups excluding carboxylic acids is 1. The molecule has 1 amide bonds. The summed E-state index contributed by atoms with van der Waals surface area (Å²) in [6, 6.07) is 0. The van der Waals surface area contributed by atoms with Crippen LogP contribution in [0.1, 0.15) is 27.2 Å². The summed E-state index contributed by atoms with van der Waals surface area (Å²) >= 11 is 0. The molecule has 1 unspecified atom stereocenters. The Morgan fingerprint density at radius 2 is 2.14 bits per heavy atom. The highest BCUT2D eigenvalue weighted by Gasteiger charge is 2.25. The third-order valence-corrected chi connectivity index (χ3v) is 3.45. The van der Waals surface area contributed by atoms with Gasteiger partial charge in [-0.1, -0.05) is 12.2 Å². The van der Waals surface area contributed by atoms with Gasteiger partial charge in [0.2, 0.25) is 0 Å². The highest BCUT2D eigenvalue weighted by atomic mass is 16.6. The zero-order chi connectivity index (χ0) is 16.3. The molecule has 6 nitrogen and oxygen atoms in total. The number of aliphatic imine (C=N–C) groups is 1. The normalized spacial score (nSPS) is 22.0. The Bertz CT molecular complexity index is 555. The number of hydrogen-bond donors (Lipinski definition) is 1. The molecule has 0 aromatic carbocycles. The number of ether oxygens (including phenoxy) is 1. The summed E-state index contributed by atoms with van der Waals surface area (Å²) in [6.07, 6.45) is 5.77. The molecule has 0 aromatic heterocycles. The molecule has 0 saturated heterocycles. The maximum Gasteiger partial charge on any atom is 0.410 e. The monoisotopic (exact) mass is 306 g/mol. The molecule has 2 heterocycles. The van der Waals surface area contributed by atoms with Crippen molar-refractivity contribution < 1.29 is 19.4 Å². The van der Waals surface area contributed by atoms with Crippen molar-refractivity contribution in [2.75, 3.05) is 19.6 Å². The van der Waals surface area contributed by atoms with E-state index >= 15 is 0 Å². The molecule has 0 fully saturated rings. The number of allylic oxidation sites excluding steroid dienone is 1. The highest BCUT2D eigenvalue weighted by Crippen LogP contribution is 2.19. The lowest BCUT2D eigenvalue weighted by molar-refractivity contribution is -0.139. The van der Waals surface area contributed by atoms with Gasteiger partial charge in [-0.05, 0) is 38.8 Å². The van der Waals surface area contributed by atoms with Crippen LogP contribution in [0, 0.1) is 5.92 Å². The van der Waals surface area contributed by atoms with E-state index in [1.165, 1.54) is 0 Å². The second-order valence-corrected chi connectivity index (χ2v) is 6.44. The van der Waals surface area contributed by atoms with E-state index in [0.717, 1.165) is 11.3 Å². The first-order chi connectivity index (χ1) is 10.3. The van der Waals surface area contributed by atoms with Crippen LogP contribution in [0.3, 0.4) is 0 Å². The number of carbonyl (C=O) groups is 2. The average molecular weight is 306 g/mol. The largest absolute Gasteiger partial charge is 0.481 e. The van der Waals surface area contributed by atoms with E-state index in [1.54, 1.807) is 17.1 Å². The molecule has 0 radical (unpaired) electrons. The van der Waals surface area contributed by atoms with Crippen LogP contribution in [0.4, 0.5) is 4.79 Å². The van der Waals surface area contributed by atoms with E-state index < -0.39 is 17.5 Å². The molecule has 1 N–H and O–H groups in total. The summed E-state index contributed by atoms with van der Waals surface area (Å²) in [5.74, 6) is -1.39. The number of carboxylic acids is 1. The third-order valence-electron chi connectivity index (χ3n) is 3.45. The van der Waals surface area contributed by atoms with Gasteiger partial charge in [-0.15, -0.1) is 0 Å². The summed E-state index contributed by atoms with van der Waals surface area (Å²) in [4.78, 5) is 28.8. The summed E-state index contributed by atoms with van der Waals surface area (Å²) in [5.41, 5.74) is 1.38. The first-order valence-corrected chi connectivity index (χ1v) is 7.39. The Hall–Kier alpha value is -2.11. The molecule has 0 saturated carbocycles. The number of hydrogen-bond acceptors (Lipinski definition) is 4. The molecule has 6 heteroatoms. The minimum absolute atomic E-state index is 0.272. The molecule has 0 spiro atoms. The van der Waals surface area contributed by atoms with Crippen molar-refractivity contribution in [1.29, 1.82) is 0 Å². The maximum atomic E-state index is 12.0. The van der Waals surface area contributed by atoms with Crippen molar-refractivity contribution in [1.82, 2.24) is 4.90 Å². The first-order valence-electron chi connectivity index (χ1n) is 7.39. The van der Waals surface area contributed by atoms with Gasteiger partial charge in [-0.25, -0.2) is 4.79 Å². The third kappa shape index (κ3) is 4.19. The molecule has 2 aliphatic rings. The predicted molar refractivity (Wildman–Crippen MR) is 83.1 cm³/mol. The van der Waals surface area contributed by atoms with E-state index in [4.69, 9.17) is 9.84 Å². The minimum Gasteiger partial charge on any atom is -0.481 e. The van der Waals surface area contributed by atoms with Crippen LogP contribution in [0.25, 0.3) is 0 Å². The Labute approximate surface area is 130 Å². The van der Waals surface area contributed by atoms with E-state index in [2.05, 4.69) is 4.99 Å². The van der Waals surface area contributed by atoms with Crippen molar-refractivity contribution in [2.45, 2.75) is 32.8 Å². The SMILES string of the molecule is CC(C)(C)OC(=O)N1CC=C(C2=NCC(C(=O)O)C=C2)CC1. The molecule has 2 aliphatic heterocycles. The summed E-state index contributed by atoms with van der Waals surface area (Å²) < 4.78 is 5.35. The molecule has 1 atom stereocenters. The Balaban J connectivity index is 1.94. The van der Waals surface area contributed by atoms with Gasteiger partial charge in [-0.2, -0.15) is 0 Å².